The molecule has 0 N–H and O–H groups in total. The third-order valence-corrected chi connectivity index (χ3v) is 9.57. The van der Waals surface area contributed by atoms with Gasteiger partial charge in [0.2, 0.25) is 0 Å². The fourth-order valence-corrected chi connectivity index (χ4v) is 8.09. The highest BCUT2D eigenvalue weighted by molar-refractivity contribution is 5.83. The van der Waals surface area contributed by atoms with Gasteiger partial charge in [-0.1, -0.05) is 31.2 Å². The number of hydrogen-bond acceptors (Lipinski definition) is 3. The van der Waals surface area contributed by atoms with Crippen molar-refractivity contribution in [3.63, 3.8) is 0 Å². The van der Waals surface area contributed by atoms with E-state index in [1.54, 1.807) is 0 Å². The molecule has 5 aliphatic rings. The Kier molecular flexibility index (Phi) is 3.52. The van der Waals surface area contributed by atoms with Crippen LogP contribution in [0.1, 0.15) is 69.8 Å². The van der Waals surface area contributed by atoms with E-state index < -0.39 is 0 Å². The molecular formula is C28H29NO2. The Bertz CT molecular complexity index is 1190. The molecule has 7 rings (SSSR count). The van der Waals surface area contributed by atoms with Gasteiger partial charge in [0.25, 0.3) is 0 Å². The summed E-state index contributed by atoms with van der Waals surface area (Å²) < 4.78 is 7.12. The second kappa shape index (κ2) is 5.95. The van der Waals surface area contributed by atoms with E-state index in [1.807, 2.05) is 12.4 Å². The van der Waals surface area contributed by atoms with Crippen molar-refractivity contribution in [1.82, 2.24) is 4.98 Å². The Balaban J connectivity index is 1.31. The van der Waals surface area contributed by atoms with Crippen molar-refractivity contribution in [2.75, 3.05) is 0 Å². The zero-order valence-electron chi connectivity index (χ0n) is 18.2. The Morgan fingerprint density at radius 1 is 1.10 bits per heavy atom. The monoisotopic (exact) mass is 411 g/mol. The maximum Gasteiger partial charge on any atom is 0.136 e. The molecule has 0 amide bonds. The maximum atomic E-state index is 12.4. The van der Waals surface area contributed by atoms with Gasteiger partial charge in [-0.2, -0.15) is 0 Å². The summed E-state index contributed by atoms with van der Waals surface area (Å²) in [5.74, 6) is 1.44. The molecule has 158 valence electrons. The first-order valence-corrected chi connectivity index (χ1v) is 12.0. The Morgan fingerprint density at radius 3 is 2.97 bits per heavy atom. The van der Waals surface area contributed by atoms with Gasteiger partial charge in [0.05, 0.1) is 11.2 Å². The summed E-state index contributed by atoms with van der Waals surface area (Å²) in [5, 5.41) is 2.50. The van der Waals surface area contributed by atoms with Crippen molar-refractivity contribution in [3.8, 4) is 0 Å². The van der Waals surface area contributed by atoms with Crippen molar-refractivity contribution >= 4 is 16.6 Å². The van der Waals surface area contributed by atoms with Crippen LogP contribution in [0.4, 0.5) is 0 Å². The standard InChI is InChI=1S/C28H29NO2/c1-26-10-8-22-15-21-4-5-23(30)16-27(21)11-12-28(22,31-27)25(26)7-6-24(26)19-3-2-18-9-13-29-17-20(18)14-19/h2-3,8-9,13-15,17,24-25H,4-7,10-12,16H2,1H3/t24?,25?,26?,27-,28-/m1/s1. The number of benzene rings is 1. The normalized spacial score (nSPS) is 40.7. The van der Waals surface area contributed by atoms with Gasteiger partial charge in [-0.3, -0.25) is 9.78 Å². The van der Waals surface area contributed by atoms with Crippen LogP contribution in [0.25, 0.3) is 10.8 Å². The smallest absolute Gasteiger partial charge is 0.136 e. The molecule has 2 aliphatic heterocycles. The third-order valence-electron chi connectivity index (χ3n) is 9.57. The second-order valence-electron chi connectivity index (χ2n) is 10.9. The molecule has 3 fully saturated rings. The highest BCUT2D eigenvalue weighted by Crippen LogP contribution is 2.69. The van der Waals surface area contributed by atoms with Crippen LogP contribution in [0.2, 0.25) is 0 Å². The van der Waals surface area contributed by atoms with Gasteiger partial charge >= 0.3 is 0 Å². The van der Waals surface area contributed by atoms with E-state index in [1.165, 1.54) is 40.3 Å². The van der Waals surface area contributed by atoms with Gasteiger partial charge in [-0.15, -0.1) is 0 Å². The first kappa shape index (κ1) is 18.3. The van der Waals surface area contributed by atoms with E-state index in [0.717, 1.165) is 25.7 Å². The van der Waals surface area contributed by atoms with Gasteiger partial charge in [0.15, 0.2) is 0 Å². The maximum absolute atomic E-state index is 12.4. The molecule has 2 saturated carbocycles. The summed E-state index contributed by atoms with van der Waals surface area (Å²) in [4.78, 5) is 16.7. The van der Waals surface area contributed by atoms with Crippen LogP contribution in [0.3, 0.4) is 0 Å². The average Bonchev–Trinajstić information content (AvgIpc) is 3.28. The van der Waals surface area contributed by atoms with Gasteiger partial charge in [0.1, 0.15) is 5.78 Å². The van der Waals surface area contributed by atoms with Gasteiger partial charge in [0, 0.05) is 30.6 Å². The fraction of sp³-hybridized carbons (Fsp3) is 0.500. The van der Waals surface area contributed by atoms with Gasteiger partial charge in [-0.25, -0.2) is 0 Å². The summed E-state index contributed by atoms with van der Waals surface area (Å²) in [5.41, 5.74) is 3.99. The van der Waals surface area contributed by atoms with E-state index in [4.69, 9.17) is 4.74 Å². The lowest BCUT2D eigenvalue weighted by Crippen LogP contribution is -2.53. The molecule has 0 radical (unpaired) electrons. The van der Waals surface area contributed by atoms with Crippen LogP contribution in [-0.2, 0) is 9.53 Å². The zero-order chi connectivity index (χ0) is 20.8. The number of aromatic nitrogens is 1. The minimum atomic E-state index is -0.294. The number of nitrogens with zero attached hydrogens (tertiary/aromatic N) is 1. The van der Waals surface area contributed by atoms with Crippen molar-refractivity contribution in [2.45, 2.75) is 75.4 Å². The van der Waals surface area contributed by atoms with Crippen LogP contribution in [0.15, 0.2) is 60.0 Å². The van der Waals surface area contributed by atoms with Crippen LogP contribution in [0.5, 0.6) is 0 Å². The van der Waals surface area contributed by atoms with E-state index in [9.17, 15) is 4.79 Å². The quantitative estimate of drug-likeness (QED) is 0.574. The molecule has 3 heteroatoms. The minimum absolute atomic E-state index is 0.179. The van der Waals surface area contributed by atoms with Crippen LogP contribution >= 0.6 is 0 Å². The number of hydrogen-bond donors (Lipinski definition) is 0. The second-order valence-corrected chi connectivity index (χ2v) is 10.9. The summed E-state index contributed by atoms with van der Waals surface area (Å²) in [6, 6.07) is 9.06. The van der Waals surface area contributed by atoms with Crippen LogP contribution < -0.4 is 0 Å². The average molecular weight is 412 g/mol. The molecule has 5 atom stereocenters. The Hall–Kier alpha value is -2.26. The largest absolute Gasteiger partial charge is 0.359 e. The first-order chi connectivity index (χ1) is 15.0. The van der Waals surface area contributed by atoms with Crippen molar-refractivity contribution < 1.29 is 9.53 Å². The Labute approximate surface area is 183 Å². The highest BCUT2D eigenvalue weighted by atomic mass is 16.5. The number of pyridine rings is 1. The third kappa shape index (κ3) is 2.28. The predicted molar refractivity (Wildman–Crippen MR) is 121 cm³/mol. The molecule has 2 bridgehead atoms. The van der Waals surface area contributed by atoms with E-state index in [-0.39, 0.29) is 16.6 Å². The molecule has 2 aromatic rings. The zero-order valence-corrected chi connectivity index (χ0v) is 18.2. The fourth-order valence-electron chi connectivity index (χ4n) is 8.09. The molecular weight excluding hydrogens is 382 g/mol. The van der Waals surface area contributed by atoms with Gasteiger partial charge < -0.3 is 4.74 Å². The molecule has 3 aliphatic carbocycles. The number of Topliss-reactive ketones (excluding diaryl/α,β-unsaturated/α-hetero) is 1. The predicted octanol–water partition coefficient (Wildman–Crippen LogP) is 6.05. The number of carbonyl (C=O) groups is 1. The summed E-state index contributed by atoms with van der Waals surface area (Å²) >= 11 is 0. The summed E-state index contributed by atoms with van der Waals surface area (Å²) in [7, 11) is 0. The Morgan fingerprint density at radius 2 is 2.03 bits per heavy atom. The highest BCUT2D eigenvalue weighted by Gasteiger charge is 2.66. The molecule has 1 saturated heterocycles. The number of ketones is 1. The van der Waals surface area contributed by atoms with E-state index in [0.29, 0.717) is 30.5 Å². The van der Waals surface area contributed by atoms with E-state index >= 15 is 0 Å². The number of ether oxygens (including phenoxy) is 1. The lowest BCUT2D eigenvalue weighted by molar-refractivity contribution is -0.146. The van der Waals surface area contributed by atoms with Crippen LogP contribution in [0, 0.1) is 11.3 Å². The van der Waals surface area contributed by atoms with Crippen molar-refractivity contribution in [2.24, 2.45) is 11.3 Å². The topological polar surface area (TPSA) is 39.2 Å². The number of allylic oxidation sites excluding steroid dienone is 1. The van der Waals surface area contributed by atoms with Gasteiger partial charge in [-0.05, 0) is 90.0 Å². The number of carbonyl (C=O) groups excluding carboxylic acids is 1. The lowest BCUT2D eigenvalue weighted by atomic mass is 9.58. The number of rotatable bonds is 1. The minimum Gasteiger partial charge on any atom is -0.359 e. The summed E-state index contributed by atoms with van der Waals surface area (Å²) in [6.45, 7) is 2.50. The molecule has 2 spiro atoms. The van der Waals surface area contributed by atoms with Crippen molar-refractivity contribution in [3.05, 3.63) is 65.5 Å². The number of fused-ring (bicyclic) bond motifs is 2. The molecule has 31 heavy (non-hydrogen) atoms. The molecule has 3 heterocycles. The lowest BCUT2D eigenvalue weighted by Gasteiger charge is -2.53. The van der Waals surface area contributed by atoms with Crippen molar-refractivity contribution in [1.29, 1.82) is 0 Å². The first-order valence-electron chi connectivity index (χ1n) is 12.0. The molecule has 1 aromatic carbocycles. The molecule has 3 unspecified atom stereocenters. The molecule has 1 aromatic heterocycles. The SMILES string of the molecule is CC12CC=C3C=C4CCC(=O)C[C@]45CC[C@]3(O5)C1CCC2c1ccc2ccncc2c1. The summed E-state index contributed by atoms with van der Waals surface area (Å²) in [6.07, 6.45) is 16.6. The van der Waals surface area contributed by atoms with E-state index in [2.05, 4.69) is 48.3 Å². The molecule has 3 nitrogen and oxygen atoms in total. The van der Waals surface area contributed by atoms with Crippen LogP contribution in [-0.4, -0.2) is 22.0 Å².